The van der Waals surface area contributed by atoms with Gasteiger partial charge in [0.1, 0.15) is 17.3 Å². The first-order valence-corrected chi connectivity index (χ1v) is 6.78. The molecular weight excluding hydrogens is 288 g/mol. The molecule has 7 heteroatoms. The van der Waals surface area contributed by atoms with E-state index in [0.29, 0.717) is 29.4 Å². The molecule has 1 unspecified atom stereocenters. The van der Waals surface area contributed by atoms with E-state index >= 15 is 0 Å². The summed E-state index contributed by atoms with van der Waals surface area (Å²) < 4.78 is 11.0. The standard InChI is InChI=1S/C15H14N2O5/c1-21-13-7-6-12(11-8-16-15(18)14(11)13)22-10-4-2-9(3-5-10)17(19)20/h2,4-7,9H,3,8H2,1H3,(H,16,18). The number of methoxy groups -OCH3 is 1. The zero-order valence-electron chi connectivity index (χ0n) is 11.9. The maximum absolute atomic E-state index is 11.9. The summed E-state index contributed by atoms with van der Waals surface area (Å²) in [5.74, 6) is 1.38. The number of benzene rings is 1. The van der Waals surface area contributed by atoms with Crippen molar-refractivity contribution in [3.05, 3.63) is 57.4 Å². The Morgan fingerprint density at radius 3 is 2.77 bits per heavy atom. The average Bonchev–Trinajstić information content (AvgIpc) is 2.91. The van der Waals surface area contributed by atoms with Crippen LogP contribution in [0.2, 0.25) is 0 Å². The van der Waals surface area contributed by atoms with Gasteiger partial charge >= 0.3 is 0 Å². The van der Waals surface area contributed by atoms with E-state index in [1.165, 1.54) is 13.2 Å². The summed E-state index contributed by atoms with van der Waals surface area (Å²) in [7, 11) is 1.51. The Bertz CT molecular complexity index is 708. The Labute approximate surface area is 126 Å². The molecule has 0 fully saturated rings. The summed E-state index contributed by atoms with van der Waals surface area (Å²) in [4.78, 5) is 22.2. The Morgan fingerprint density at radius 1 is 1.36 bits per heavy atom. The number of amides is 1. The molecule has 0 spiro atoms. The molecule has 22 heavy (non-hydrogen) atoms. The molecule has 1 aromatic carbocycles. The van der Waals surface area contributed by atoms with Crippen molar-refractivity contribution in [2.24, 2.45) is 0 Å². The summed E-state index contributed by atoms with van der Waals surface area (Å²) >= 11 is 0. The fourth-order valence-electron chi connectivity index (χ4n) is 2.50. The number of nitrogens with zero attached hydrogens (tertiary/aromatic N) is 1. The third kappa shape index (κ3) is 2.41. The number of ether oxygens (including phenoxy) is 2. The molecule has 3 rings (SSSR count). The zero-order chi connectivity index (χ0) is 15.7. The molecule has 1 atom stereocenters. The smallest absolute Gasteiger partial charge is 0.255 e. The third-order valence-electron chi connectivity index (χ3n) is 3.65. The van der Waals surface area contributed by atoms with Crippen LogP contribution in [0.25, 0.3) is 0 Å². The van der Waals surface area contributed by atoms with E-state index in [1.54, 1.807) is 24.3 Å². The molecule has 1 aromatic rings. The fraction of sp³-hybridized carbons (Fsp3) is 0.267. The van der Waals surface area contributed by atoms with Crippen LogP contribution in [0.3, 0.4) is 0 Å². The number of fused-ring (bicyclic) bond motifs is 1. The molecule has 0 saturated heterocycles. The van der Waals surface area contributed by atoms with Crippen LogP contribution in [-0.2, 0) is 6.54 Å². The minimum atomic E-state index is -0.711. The number of nitrogens with one attached hydrogen (secondary N) is 1. The topological polar surface area (TPSA) is 90.7 Å². The van der Waals surface area contributed by atoms with Crippen molar-refractivity contribution < 1.29 is 19.2 Å². The highest BCUT2D eigenvalue weighted by atomic mass is 16.6. The number of hydrogen-bond donors (Lipinski definition) is 1. The van der Waals surface area contributed by atoms with E-state index < -0.39 is 6.04 Å². The van der Waals surface area contributed by atoms with Gasteiger partial charge in [0.25, 0.3) is 5.91 Å². The maximum Gasteiger partial charge on any atom is 0.255 e. The van der Waals surface area contributed by atoms with Gasteiger partial charge < -0.3 is 14.8 Å². The second-order valence-corrected chi connectivity index (χ2v) is 4.96. The number of hydrogen-bond acceptors (Lipinski definition) is 5. The van der Waals surface area contributed by atoms with Crippen molar-refractivity contribution in [2.45, 2.75) is 19.0 Å². The minimum Gasteiger partial charge on any atom is -0.496 e. The zero-order valence-corrected chi connectivity index (χ0v) is 11.9. The molecular formula is C15H14N2O5. The summed E-state index contributed by atoms with van der Waals surface area (Å²) in [6.45, 7) is 0.370. The Morgan fingerprint density at radius 2 is 2.14 bits per heavy atom. The highest BCUT2D eigenvalue weighted by Crippen LogP contribution is 2.35. The van der Waals surface area contributed by atoms with Crippen molar-refractivity contribution in [1.29, 1.82) is 0 Å². The molecule has 0 radical (unpaired) electrons. The van der Waals surface area contributed by atoms with E-state index in [-0.39, 0.29) is 17.3 Å². The molecule has 1 heterocycles. The summed E-state index contributed by atoms with van der Waals surface area (Å²) in [5, 5.41) is 13.4. The van der Waals surface area contributed by atoms with Crippen molar-refractivity contribution in [3.63, 3.8) is 0 Å². The molecule has 1 aliphatic heterocycles. The van der Waals surface area contributed by atoms with Gasteiger partial charge in [-0.2, -0.15) is 0 Å². The van der Waals surface area contributed by atoms with Crippen LogP contribution in [0, 0.1) is 10.1 Å². The van der Waals surface area contributed by atoms with Gasteiger partial charge in [0.2, 0.25) is 6.04 Å². The van der Waals surface area contributed by atoms with Crippen LogP contribution in [0.4, 0.5) is 0 Å². The van der Waals surface area contributed by atoms with Gasteiger partial charge in [-0.3, -0.25) is 14.9 Å². The summed E-state index contributed by atoms with van der Waals surface area (Å²) in [6.07, 6.45) is 5.04. The normalized spacial score (nSPS) is 19.2. The van der Waals surface area contributed by atoms with E-state index in [4.69, 9.17) is 9.47 Å². The first kappa shape index (κ1) is 14.1. The van der Waals surface area contributed by atoms with Crippen molar-refractivity contribution in [1.82, 2.24) is 5.32 Å². The van der Waals surface area contributed by atoms with Gasteiger partial charge in [0.05, 0.1) is 12.7 Å². The molecule has 0 aromatic heterocycles. The molecule has 2 aliphatic rings. The molecule has 0 bridgehead atoms. The highest BCUT2D eigenvalue weighted by molar-refractivity contribution is 6.01. The number of nitro groups is 1. The van der Waals surface area contributed by atoms with E-state index in [1.807, 2.05) is 0 Å². The number of carbonyl (C=O) groups is 1. The van der Waals surface area contributed by atoms with Crippen LogP contribution in [0.15, 0.2) is 36.1 Å². The molecule has 0 saturated carbocycles. The van der Waals surface area contributed by atoms with Gasteiger partial charge in [0.15, 0.2) is 0 Å². The maximum atomic E-state index is 11.9. The van der Waals surface area contributed by atoms with Crippen LogP contribution in [0.1, 0.15) is 22.3 Å². The van der Waals surface area contributed by atoms with Crippen molar-refractivity contribution >= 4 is 5.91 Å². The summed E-state index contributed by atoms with van der Waals surface area (Å²) in [5.41, 5.74) is 1.21. The van der Waals surface area contributed by atoms with Crippen molar-refractivity contribution in [3.8, 4) is 11.5 Å². The Kier molecular flexibility index (Phi) is 3.54. The number of rotatable bonds is 4. The monoisotopic (exact) mass is 302 g/mol. The van der Waals surface area contributed by atoms with Gasteiger partial charge in [-0.05, 0) is 30.4 Å². The lowest BCUT2D eigenvalue weighted by Crippen LogP contribution is -2.18. The number of allylic oxidation sites excluding steroid dienone is 1. The highest BCUT2D eigenvalue weighted by Gasteiger charge is 2.27. The van der Waals surface area contributed by atoms with Gasteiger partial charge in [0, 0.05) is 23.5 Å². The van der Waals surface area contributed by atoms with E-state index in [2.05, 4.69) is 5.32 Å². The fourth-order valence-corrected chi connectivity index (χ4v) is 2.50. The van der Waals surface area contributed by atoms with Gasteiger partial charge in [-0.1, -0.05) is 0 Å². The Balaban J connectivity index is 1.85. The molecule has 7 nitrogen and oxygen atoms in total. The average molecular weight is 302 g/mol. The van der Waals surface area contributed by atoms with Crippen molar-refractivity contribution in [2.75, 3.05) is 7.11 Å². The minimum absolute atomic E-state index is 0.195. The van der Waals surface area contributed by atoms with Crippen LogP contribution in [0.5, 0.6) is 11.5 Å². The van der Waals surface area contributed by atoms with E-state index in [0.717, 1.165) is 5.56 Å². The largest absolute Gasteiger partial charge is 0.496 e. The van der Waals surface area contributed by atoms with E-state index in [9.17, 15) is 14.9 Å². The second kappa shape index (κ2) is 5.51. The third-order valence-corrected chi connectivity index (χ3v) is 3.65. The first-order valence-electron chi connectivity index (χ1n) is 6.78. The summed E-state index contributed by atoms with van der Waals surface area (Å²) in [6, 6.07) is 2.69. The van der Waals surface area contributed by atoms with Crippen LogP contribution < -0.4 is 14.8 Å². The number of carbonyl (C=O) groups excluding carboxylic acids is 1. The van der Waals surface area contributed by atoms with Crippen LogP contribution >= 0.6 is 0 Å². The quantitative estimate of drug-likeness (QED) is 0.676. The molecule has 1 N–H and O–H groups in total. The molecule has 114 valence electrons. The molecule has 1 amide bonds. The lowest BCUT2D eigenvalue weighted by atomic mass is 10.1. The second-order valence-electron chi connectivity index (χ2n) is 4.96. The lowest BCUT2D eigenvalue weighted by molar-refractivity contribution is -0.508. The SMILES string of the molecule is COc1ccc(OC2=CCC([N+](=O)[O-])C=C2)c2c1C(=O)NC2. The Hall–Kier alpha value is -2.83. The lowest BCUT2D eigenvalue weighted by Gasteiger charge is -2.14. The predicted molar refractivity (Wildman–Crippen MR) is 77.4 cm³/mol. The van der Waals surface area contributed by atoms with Gasteiger partial charge in [-0.25, -0.2) is 0 Å². The van der Waals surface area contributed by atoms with Gasteiger partial charge in [-0.15, -0.1) is 0 Å². The predicted octanol–water partition coefficient (Wildman–Crippen LogP) is 1.81. The van der Waals surface area contributed by atoms with Crippen LogP contribution in [-0.4, -0.2) is 24.0 Å². The first-order chi connectivity index (χ1) is 10.6. The molecule has 1 aliphatic carbocycles.